The number of methoxy groups -OCH3 is 1. The van der Waals surface area contributed by atoms with E-state index in [4.69, 9.17) is 10.5 Å². The van der Waals surface area contributed by atoms with Gasteiger partial charge in [-0.1, -0.05) is 6.92 Å². The third kappa shape index (κ3) is 5.11. The highest BCUT2D eigenvalue weighted by molar-refractivity contribution is 5.77. The van der Waals surface area contributed by atoms with Crippen LogP contribution < -0.4 is 11.1 Å². The lowest BCUT2D eigenvalue weighted by molar-refractivity contribution is 0.141. The minimum Gasteiger partial charge on any atom is -0.383 e. The summed E-state index contributed by atoms with van der Waals surface area (Å²) in [5.41, 5.74) is 6.04. The molecule has 3 N–H and O–H groups in total. The van der Waals surface area contributed by atoms with Crippen molar-refractivity contribution in [3.8, 4) is 0 Å². The molecule has 22 heavy (non-hydrogen) atoms. The van der Waals surface area contributed by atoms with Crippen molar-refractivity contribution < 1.29 is 4.74 Å². The predicted octanol–water partition coefficient (Wildman–Crippen LogP) is 0.486. The van der Waals surface area contributed by atoms with Crippen molar-refractivity contribution in [2.24, 2.45) is 10.7 Å². The van der Waals surface area contributed by atoms with Crippen LogP contribution in [0.15, 0.2) is 4.99 Å². The zero-order valence-electron chi connectivity index (χ0n) is 14.3. The highest BCUT2D eigenvalue weighted by atomic mass is 16.5. The van der Waals surface area contributed by atoms with Crippen molar-refractivity contribution in [1.82, 2.24) is 15.1 Å². The maximum Gasteiger partial charge on any atom is 0.188 e. The van der Waals surface area contributed by atoms with E-state index in [1.165, 1.54) is 38.8 Å². The van der Waals surface area contributed by atoms with Gasteiger partial charge in [0.1, 0.15) is 0 Å². The van der Waals surface area contributed by atoms with Crippen LogP contribution in [-0.2, 0) is 4.74 Å². The monoisotopic (exact) mass is 311 g/mol. The second-order valence-electron chi connectivity index (χ2n) is 6.36. The van der Waals surface area contributed by atoms with Crippen molar-refractivity contribution in [3.05, 3.63) is 0 Å². The SMILES string of the molecule is CCN1CCCC1CN=C(N)NCC1CCCN1CCOC. The molecule has 6 heteroatoms. The molecule has 0 radical (unpaired) electrons. The molecular formula is C16H33N5O. The van der Waals surface area contributed by atoms with Gasteiger partial charge in [-0.2, -0.15) is 0 Å². The quantitative estimate of drug-likeness (QED) is 0.504. The average molecular weight is 311 g/mol. The fourth-order valence-corrected chi connectivity index (χ4v) is 3.63. The van der Waals surface area contributed by atoms with E-state index in [1.807, 2.05) is 0 Å². The Morgan fingerprint density at radius 3 is 2.68 bits per heavy atom. The summed E-state index contributed by atoms with van der Waals surface area (Å²) in [4.78, 5) is 9.54. The Kier molecular flexibility index (Phi) is 7.42. The summed E-state index contributed by atoms with van der Waals surface area (Å²) in [6, 6.07) is 1.14. The number of ether oxygens (including phenoxy) is 1. The van der Waals surface area contributed by atoms with Crippen LogP contribution in [-0.4, -0.2) is 80.8 Å². The summed E-state index contributed by atoms with van der Waals surface area (Å²) in [5.74, 6) is 0.599. The van der Waals surface area contributed by atoms with Crippen molar-refractivity contribution in [3.63, 3.8) is 0 Å². The summed E-state index contributed by atoms with van der Waals surface area (Å²) < 4.78 is 5.18. The van der Waals surface area contributed by atoms with Crippen LogP contribution in [0, 0.1) is 0 Å². The molecule has 0 bridgehead atoms. The number of nitrogens with two attached hydrogens (primary N) is 1. The first-order chi connectivity index (χ1) is 10.7. The number of nitrogens with one attached hydrogen (secondary N) is 1. The molecule has 128 valence electrons. The van der Waals surface area contributed by atoms with Gasteiger partial charge in [0.15, 0.2) is 5.96 Å². The fraction of sp³-hybridized carbons (Fsp3) is 0.938. The van der Waals surface area contributed by atoms with Crippen LogP contribution in [0.2, 0.25) is 0 Å². The minimum atomic E-state index is 0.558. The molecule has 0 aromatic rings. The Morgan fingerprint density at radius 1 is 1.23 bits per heavy atom. The van der Waals surface area contributed by atoms with Gasteiger partial charge in [0, 0.05) is 32.3 Å². The molecule has 2 saturated heterocycles. The third-order valence-electron chi connectivity index (χ3n) is 4.98. The maximum absolute atomic E-state index is 6.04. The van der Waals surface area contributed by atoms with Crippen molar-refractivity contribution in [2.75, 3.05) is 53.0 Å². The van der Waals surface area contributed by atoms with E-state index in [0.29, 0.717) is 18.0 Å². The number of hydrogen-bond acceptors (Lipinski definition) is 4. The number of likely N-dealkylation sites (N-methyl/N-ethyl adjacent to an activating group) is 1. The molecule has 2 atom stereocenters. The van der Waals surface area contributed by atoms with Gasteiger partial charge in [-0.25, -0.2) is 0 Å². The van der Waals surface area contributed by atoms with Crippen molar-refractivity contribution in [1.29, 1.82) is 0 Å². The molecule has 0 aromatic carbocycles. The molecule has 6 nitrogen and oxygen atoms in total. The predicted molar refractivity (Wildman–Crippen MR) is 91.2 cm³/mol. The Balaban J connectivity index is 1.70. The normalized spacial score (nSPS) is 27.6. The number of hydrogen-bond donors (Lipinski definition) is 2. The highest BCUT2D eigenvalue weighted by Crippen LogP contribution is 2.17. The van der Waals surface area contributed by atoms with E-state index in [0.717, 1.165) is 32.8 Å². The van der Waals surface area contributed by atoms with E-state index in [1.54, 1.807) is 7.11 Å². The van der Waals surface area contributed by atoms with Gasteiger partial charge in [0.2, 0.25) is 0 Å². The van der Waals surface area contributed by atoms with Crippen LogP contribution >= 0.6 is 0 Å². The molecule has 2 rings (SSSR count). The summed E-state index contributed by atoms with van der Waals surface area (Å²) in [6.45, 7) is 9.23. The smallest absolute Gasteiger partial charge is 0.188 e. The van der Waals surface area contributed by atoms with Gasteiger partial charge in [-0.15, -0.1) is 0 Å². The van der Waals surface area contributed by atoms with Crippen LogP contribution in [0.25, 0.3) is 0 Å². The molecule has 2 aliphatic rings. The first-order valence-corrected chi connectivity index (χ1v) is 8.75. The maximum atomic E-state index is 6.04. The second kappa shape index (κ2) is 9.33. The molecule has 2 fully saturated rings. The zero-order chi connectivity index (χ0) is 15.8. The van der Waals surface area contributed by atoms with Crippen LogP contribution in [0.5, 0.6) is 0 Å². The summed E-state index contributed by atoms with van der Waals surface area (Å²) >= 11 is 0. The molecular weight excluding hydrogens is 278 g/mol. The standard InChI is InChI=1S/C16H33N5O/c1-3-20-8-4-6-14(20)12-18-16(17)19-13-15-7-5-9-21(15)10-11-22-2/h14-15H,3-13H2,1-2H3,(H3,17,18,19). The molecule has 0 spiro atoms. The highest BCUT2D eigenvalue weighted by Gasteiger charge is 2.24. The number of nitrogens with zero attached hydrogens (tertiary/aromatic N) is 3. The largest absolute Gasteiger partial charge is 0.383 e. The van der Waals surface area contributed by atoms with E-state index in [2.05, 4.69) is 27.0 Å². The minimum absolute atomic E-state index is 0.558. The van der Waals surface area contributed by atoms with Crippen molar-refractivity contribution >= 4 is 5.96 Å². The topological polar surface area (TPSA) is 66.1 Å². The van der Waals surface area contributed by atoms with Gasteiger partial charge in [0.25, 0.3) is 0 Å². The zero-order valence-corrected chi connectivity index (χ0v) is 14.3. The van der Waals surface area contributed by atoms with Gasteiger partial charge >= 0.3 is 0 Å². The van der Waals surface area contributed by atoms with E-state index in [-0.39, 0.29) is 0 Å². The number of rotatable bonds is 8. The van der Waals surface area contributed by atoms with Crippen LogP contribution in [0.4, 0.5) is 0 Å². The Morgan fingerprint density at radius 2 is 1.95 bits per heavy atom. The van der Waals surface area contributed by atoms with Crippen molar-refractivity contribution in [2.45, 2.75) is 44.7 Å². The van der Waals surface area contributed by atoms with E-state index in [9.17, 15) is 0 Å². The third-order valence-corrected chi connectivity index (χ3v) is 4.98. The Labute approximate surface area is 135 Å². The van der Waals surface area contributed by atoms with Crippen LogP contribution in [0.1, 0.15) is 32.6 Å². The lowest BCUT2D eigenvalue weighted by atomic mass is 10.2. The Hall–Kier alpha value is -0.850. The summed E-state index contributed by atoms with van der Waals surface area (Å²) in [6.07, 6.45) is 5.03. The first-order valence-electron chi connectivity index (χ1n) is 8.75. The van der Waals surface area contributed by atoms with E-state index >= 15 is 0 Å². The lowest BCUT2D eigenvalue weighted by Crippen LogP contribution is -2.44. The van der Waals surface area contributed by atoms with Gasteiger partial charge in [-0.3, -0.25) is 14.8 Å². The van der Waals surface area contributed by atoms with Gasteiger partial charge in [0.05, 0.1) is 13.2 Å². The Bertz CT molecular complexity index is 349. The first kappa shape index (κ1) is 17.5. The molecule has 0 aliphatic carbocycles. The molecule has 0 amide bonds. The van der Waals surface area contributed by atoms with Gasteiger partial charge in [-0.05, 0) is 45.3 Å². The molecule has 2 unspecified atom stereocenters. The molecule has 2 heterocycles. The summed E-state index contributed by atoms with van der Waals surface area (Å²) in [7, 11) is 1.76. The lowest BCUT2D eigenvalue weighted by Gasteiger charge is -2.24. The molecule has 0 aromatic heterocycles. The second-order valence-corrected chi connectivity index (χ2v) is 6.36. The summed E-state index contributed by atoms with van der Waals surface area (Å²) in [5, 5.41) is 3.31. The fourth-order valence-electron chi connectivity index (χ4n) is 3.63. The van der Waals surface area contributed by atoms with Gasteiger partial charge < -0.3 is 15.8 Å². The number of likely N-dealkylation sites (tertiary alicyclic amines) is 2. The number of guanidine groups is 1. The van der Waals surface area contributed by atoms with E-state index < -0.39 is 0 Å². The molecule has 0 saturated carbocycles. The number of aliphatic imine (C=N–C) groups is 1. The average Bonchev–Trinajstić information content (AvgIpc) is 3.17. The van der Waals surface area contributed by atoms with Crippen LogP contribution in [0.3, 0.4) is 0 Å². The molecule has 2 aliphatic heterocycles.